The zero-order chi connectivity index (χ0) is 36.5. The van der Waals surface area contributed by atoms with Crippen molar-refractivity contribution in [3.05, 3.63) is 71.6 Å². The number of aromatic amines is 1. The molecule has 272 valence electrons. The van der Waals surface area contributed by atoms with Crippen LogP contribution in [0.5, 0.6) is 0 Å². The molecular formula is C39H49FN6O4S. The molecular weight excluding hydrogens is 668 g/mol. The Hall–Kier alpha value is -4.32. The number of ether oxygens (including phenoxy) is 2. The summed E-state index contributed by atoms with van der Waals surface area (Å²) in [5, 5.41) is 3.06. The fraction of sp³-hybridized carbons (Fsp3) is 0.487. The highest BCUT2D eigenvalue weighted by Crippen LogP contribution is 2.39. The first-order valence-corrected chi connectivity index (χ1v) is 18.6. The van der Waals surface area contributed by atoms with E-state index < -0.39 is 17.3 Å². The first-order valence-electron chi connectivity index (χ1n) is 17.9. The number of halogens is 1. The summed E-state index contributed by atoms with van der Waals surface area (Å²) >= 11 is 0.0911. The summed E-state index contributed by atoms with van der Waals surface area (Å²) in [5.41, 5.74) is 7.16. The monoisotopic (exact) mass is 716 g/mol. The molecule has 4 aromatic rings. The van der Waals surface area contributed by atoms with Crippen molar-refractivity contribution in [2.75, 3.05) is 6.54 Å². The van der Waals surface area contributed by atoms with Crippen molar-refractivity contribution in [3.8, 4) is 33.6 Å². The predicted octanol–water partition coefficient (Wildman–Crippen LogP) is 9.39. The van der Waals surface area contributed by atoms with Gasteiger partial charge in [0.05, 0.1) is 30.3 Å². The molecule has 2 aliphatic rings. The lowest BCUT2D eigenvalue weighted by molar-refractivity contribution is 0.0228. The number of alkyl carbamates (subject to hydrolysis) is 1. The van der Waals surface area contributed by atoms with Gasteiger partial charge < -0.3 is 24.7 Å². The highest BCUT2D eigenvalue weighted by atomic mass is 32.2. The summed E-state index contributed by atoms with van der Waals surface area (Å²) in [4.78, 5) is 39.7. The molecule has 2 aromatic carbocycles. The fourth-order valence-corrected chi connectivity index (χ4v) is 7.48. The van der Waals surface area contributed by atoms with E-state index in [1.54, 1.807) is 11.1 Å². The quantitative estimate of drug-likeness (QED) is 0.177. The molecule has 0 bridgehead atoms. The van der Waals surface area contributed by atoms with Crippen LogP contribution in [0.15, 0.2) is 48.8 Å². The number of H-pyrrole nitrogens is 1. The second kappa shape index (κ2) is 14.7. The van der Waals surface area contributed by atoms with E-state index in [2.05, 4.69) is 45.6 Å². The lowest BCUT2D eigenvalue weighted by atomic mass is 9.83. The van der Waals surface area contributed by atoms with E-state index in [1.165, 1.54) is 20.7 Å². The van der Waals surface area contributed by atoms with Crippen molar-refractivity contribution < 1.29 is 22.9 Å². The Labute approximate surface area is 304 Å². The average molecular weight is 717 g/mol. The number of imidazole rings is 2. The molecule has 2 aromatic heterocycles. The first kappa shape index (κ1) is 36.5. The van der Waals surface area contributed by atoms with Gasteiger partial charge in [-0.2, -0.15) is 0 Å². The molecule has 1 unspecified atom stereocenters. The van der Waals surface area contributed by atoms with Crippen LogP contribution in [0.2, 0.25) is 0 Å². The van der Waals surface area contributed by atoms with Crippen LogP contribution in [0, 0.1) is 0 Å². The molecule has 10 nitrogen and oxygen atoms in total. The highest BCUT2D eigenvalue weighted by molar-refractivity contribution is 7.92. The Bertz CT molecular complexity index is 1890. The number of carbonyl (C=O) groups excluding carboxylic acids is 2. The van der Waals surface area contributed by atoms with Crippen LogP contribution < -0.4 is 5.32 Å². The topological polar surface area (TPSA) is 114 Å². The van der Waals surface area contributed by atoms with E-state index in [1.807, 2.05) is 60.7 Å². The number of rotatable bonds is 9. The molecule has 0 aliphatic heterocycles. The number of nitrogens with zero attached hydrogens (tertiary/aromatic N) is 4. The minimum Gasteiger partial charge on any atom is -0.444 e. The predicted molar refractivity (Wildman–Crippen MR) is 199 cm³/mol. The minimum absolute atomic E-state index is 0.0227. The Morgan fingerprint density at radius 2 is 1.63 bits per heavy atom. The van der Waals surface area contributed by atoms with Crippen LogP contribution >= 0.6 is 12.3 Å². The summed E-state index contributed by atoms with van der Waals surface area (Å²) in [5.74, 6) is 1.43. The second-order valence-corrected chi connectivity index (χ2v) is 16.0. The zero-order valence-corrected chi connectivity index (χ0v) is 31.5. The number of amides is 2. The standard InChI is InChI=1S/C39H49FN6O4S/c1-8-18-45(37(48)50-39(5,6)7)23-34-41-22-33(46(34)51-40)27-15-17-29-25(20-27)13-12-24-19-26(14-16-28(24)29)32-21-42-35(43-32)30-10-9-11-31(30)44-36(47)49-38(2,3)4/h14-17,19-22,30-31H,8-13,18,23H2,1-7H3,(H,42,43)(H,44,47)/t30-,31?/m0/s1. The SMILES string of the molecule is CCCN(Cc1ncc(-c2ccc3c(c2)CCc2cc(-c4cnc([C@H]5CCCC5NC(=O)OC(C)(C)C)[nH]4)ccc2-3)n1SF)C(=O)OC(C)(C)C. The van der Waals surface area contributed by atoms with E-state index in [0.29, 0.717) is 18.1 Å². The van der Waals surface area contributed by atoms with Gasteiger partial charge in [0.25, 0.3) is 0 Å². The van der Waals surface area contributed by atoms with Crippen LogP contribution in [0.4, 0.5) is 13.5 Å². The van der Waals surface area contributed by atoms with Gasteiger partial charge in [0.15, 0.2) is 12.3 Å². The minimum atomic E-state index is -0.632. The van der Waals surface area contributed by atoms with Crippen molar-refractivity contribution in [2.24, 2.45) is 0 Å². The smallest absolute Gasteiger partial charge is 0.410 e. The summed E-state index contributed by atoms with van der Waals surface area (Å²) in [6.07, 6.45) is 8.04. The molecule has 1 saturated carbocycles. The van der Waals surface area contributed by atoms with Crippen LogP contribution in [0.3, 0.4) is 0 Å². The van der Waals surface area contributed by atoms with E-state index in [0.717, 1.165) is 66.7 Å². The van der Waals surface area contributed by atoms with E-state index in [4.69, 9.17) is 14.5 Å². The number of hydrogen-bond acceptors (Lipinski definition) is 7. The average Bonchev–Trinajstić information content (AvgIpc) is 3.82. The molecule has 2 N–H and O–H groups in total. The van der Waals surface area contributed by atoms with Crippen molar-refractivity contribution in [1.82, 2.24) is 29.1 Å². The van der Waals surface area contributed by atoms with Gasteiger partial charge in [0.2, 0.25) is 0 Å². The molecule has 0 saturated heterocycles. The van der Waals surface area contributed by atoms with E-state index in [-0.39, 0.29) is 36.9 Å². The fourth-order valence-electron chi connectivity index (χ4n) is 7.07. The van der Waals surface area contributed by atoms with Gasteiger partial charge in [0.1, 0.15) is 22.9 Å². The Balaban J connectivity index is 1.18. The number of aromatic nitrogens is 4. The van der Waals surface area contributed by atoms with Crippen molar-refractivity contribution >= 4 is 24.5 Å². The number of hydrogen-bond donors (Lipinski definition) is 2. The molecule has 0 radical (unpaired) electrons. The molecule has 12 heteroatoms. The zero-order valence-electron chi connectivity index (χ0n) is 30.6. The molecule has 1 fully saturated rings. The number of carbonyl (C=O) groups is 2. The summed E-state index contributed by atoms with van der Waals surface area (Å²) in [7, 11) is 0. The van der Waals surface area contributed by atoms with Crippen molar-refractivity contribution in [2.45, 2.75) is 117 Å². The van der Waals surface area contributed by atoms with Gasteiger partial charge in [-0.05, 0) is 114 Å². The normalized spacial score (nSPS) is 17.1. The van der Waals surface area contributed by atoms with Gasteiger partial charge in [-0.1, -0.05) is 37.6 Å². The lowest BCUT2D eigenvalue weighted by Gasteiger charge is -2.27. The number of nitrogens with one attached hydrogen (secondary N) is 2. The highest BCUT2D eigenvalue weighted by Gasteiger charge is 2.33. The third-order valence-electron chi connectivity index (χ3n) is 9.27. The van der Waals surface area contributed by atoms with Crippen molar-refractivity contribution in [3.63, 3.8) is 0 Å². The van der Waals surface area contributed by atoms with Gasteiger partial charge >= 0.3 is 12.2 Å². The maximum absolute atomic E-state index is 14.5. The summed E-state index contributed by atoms with van der Waals surface area (Å²) in [6.45, 7) is 13.7. The van der Waals surface area contributed by atoms with Crippen molar-refractivity contribution in [1.29, 1.82) is 0 Å². The molecule has 2 amide bonds. The Morgan fingerprint density at radius 1 is 0.961 bits per heavy atom. The number of benzene rings is 2. The van der Waals surface area contributed by atoms with Crippen LogP contribution in [-0.2, 0) is 28.9 Å². The third kappa shape index (κ3) is 8.43. The first-order chi connectivity index (χ1) is 24.2. The van der Waals surface area contributed by atoms with Gasteiger partial charge in [0, 0.05) is 24.1 Å². The number of fused-ring (bicyclic) bond motifs is 3. The maximum Gasteiger partial charge on any atom is 0.410 e. The molecule has 6 rings (SSSR count). The summed E-state index contributed by atoms with van der Waals surface area (Å²) < 4.78 is 27.0. The Kier molecular flexibility index (Phi) is 10.5. The van der Waals surface area contributed by atoms with Gasteiger partial charge in [-0.3, -0.25) is 0 Å². The summed E-state index contributed by atoms with van der Waals surface area (Å²) in [6, 6.07) is 12.8. The van der Waals surface area contributed by atoms with E-state index >= 15 is 0 Å². The molecule has 2 atom stereocenters. The van der Waals surface area contributed by atoms with Crippen LogP contribution in [-0.4, -0.2) is 59.8 Å². The molecule has 0 spiro atoms. The Morgan fingerprint density at radius 3 is 2.27 bits per heavy atom. The van der Waals surface area contributed by atoms with Crippen LogP contribution in [0.1, 0.15) is 103 Å². The lowest BCUT2D eigenvalue weighted by Crippen LogP contribution is -2.40. The molecule has 51 heavy (non-hydrogen) atoms. The van der Waals surface area contributed by atoms with E-state index in [9.17, 15) is 13.5 Å². The number of aryl methyl sites for hydroxylation is 2. The third-order valence-corrected chi connectivity index (χ3v) is 9.82. The molecule has 2 heterocycles. The second-order valence-electron chi connectivity index (χ2n) is 15.5. The van der Waals surface area contributed by atoms with Gasteiger partial charge in [-0.15, -0.1) is 3.89 Å². The van der Waals surface area contributed by atoms with Crippen LogP contribution in [0.25, 0.3) is 33.6 Å². The maximum atomic E-state index is 14.5. The van der Waals surface area contributed by atoms with Gasteiger partial charge in [-0.25, -0.2) is 23.5 Å². The largest absolute Gasteiger partial charge is 0.444 e. The molecule has 2 aliphatic carbocycles.